The Morgan fingerprint density at radius 1 is 1.50 bits per heavy atom. The standard InChI is InChI=1S/C9H14N2O/c1-3-12-9-5-4-7(10)6-8(9)11-2/h4-6,11H,3,10H2,1-2H3. The maximum Gasteiger partial charge on any atom is 0.142 e. The minimum atomic E-state index is 0.665. The molecule has 3 heteroatoms. The van der Waals surface area contributed by atoms with Gasteiger partial charge in [-0.05, 0) is 25.1 Å². The number of ether oxygens (including phenoxy) is 1. The Balaban J connectivity index is 2.94. The largest absolute Gasteiger partial charge is 0.492 e. The van der Waals surface area contributed by atoms with Crippen LogP contribution in [0.1, 0.15) is 6.92 Å². The minimum Gasteiger partial charge on any atom is -0.492 e. The molecule has 0 bridgehead atoms. The van der Waals surface area contributed by atoms with Gasteiger partial charge in [0.2, 0.25) is 0 Å². The Bertz CT molecular complexity index is 261. The summed E-state index contributed by atoms with van der Waals surface area (Å²) in [7, 11) is 1.84. The van der Waals surface area contributed by atoms with Crippen LogP contribution in [0.25, 0.3) is 0 Å². The number of nitrogen functional groups attached to an aromatic ring is 1. The van der Waals surface area contributed by atoms with Gasteiger partial charge in [-0.25, -0.2) is 0 Å². The molecule has 0 unspecified atom stereocenters. The first-order chi connectivity index (χ1) is 5.77. The first-order valence-corrected chi connectivity index (χ1v) is 3.98. The van der Waals surface area contributed by atoms with Crippen LogP contribution in [0.5, 0.6) is 5.75 Å². The number of hydrogen-bond acceptors (Lipinski definition) is 3. The van der Waals surface area contributed by atoms with Gasteiger partial charge in [0, 0.05) is 12.7 Å². The third-order valence-electron chi connectivity index (χ3n) is 1.57. The molecular formula is C9H14N2O. The maximum atomic E-state index is 5.60. The molecule has 66 valence electrons. The second-order valence-electron chi connectivity index (χ2n) is 2.44. The van der Waals surface area contributed by atoms with E-state index in [2.05, 4.69) is 5.32 Å². The van der Waals surface area contributed by atoms with E-state index in [4.69, 9.17) is 10.5 Å². The lowest BCUT2D eigenvalue weighted by Gasteiger charge is -2.09. The second-order valence-corrected chi connectivity index (χ2v) is 2.44. The Morgan fingerprint density at radius 2 is 2.25 bits per heavy atom. The summed E-state index contributed by atoms with van der Waals surface area (Å²) in [6.07, 6.45) is 0. The highest BCUT2D eigenvalue weighted by Crippen LogP contribution is 2.25. The Hall–Kier alpha value is -1.38. The van der Waals surface area contributed by atoms with E-state index in [0.717, 1.165) is 17.1 Å². The summed E-state index contributed by atoms with van der Waals surface area (Å²) in [5, 5.41) is 3.02. The molecule has 0 atom stereocenters. The molecule has 0 fully saturated rings. The lowest BCUT2D eigenvalue weighted by atomic mass is 10.2. The van der Waals surface area contributed by atoms with Crippen LogP contribution >= 0.6 is 0 Å². The van der Waals surface area contributed by atoms with Crippen LogP contribution in [0.15, 0.2) is 18.2 Å². The lowest BCUT2D eigenvalue weighted by molar-refractivity contribution is 0.342. The monoisotopic (exact) mass is 166 g/mol. The van der Waals surface area contributed by atoms with Gasteiger partial charge >= 0.3 is 0 Å². The van der Waals surface area contributed by atoms with Gasteiger partial charge in [0.25, 0.3) is 0 Å². The molecule has 3 nitrogen and oxygen atoms in total. The van der Waals surface area contributed by atoms with Crippen molar-refractivity contribution in [3.8, 4) is 5.75 Å². The number of nitrogens with two attached hydrogens (primary N) is 1. The summed E-state index contributed by atoms with van der Waals surface area (Å²) in [6.45, 7) is 2.62. The zero-order chi connectivity index (χ0) is 8.97. The fraction of sp³-hybridized carbons (Fsp3) is 0.333. The van der Waals surface area contributed by atoms with E-state index in [1.807, 2.05) is 32.2 Å². The second kappa shape index (κ2) is 3.85. The van der Waals surface area contributed by atoms with E-state index in [9.17, 15) is 0 Å². The van der Waals surface area contributed by atoms with Gasteiger partial charge in [0.05, 0.1) is 12.3 Å². The van der Waals surface area contributed by atoms with E-state index < -0.39 is 0 Å². The predicted molar refractivity (Wildman–Crippen MR) is 51.6 cm³/mol. The van der Waals surface area contributed by atoms with Gasteiger partial charge < -0.3 is 15.8 Å². The molecule has 0 aliphatic carbocycles. The SMILES string of the molecule is CCOc1ccc(N)cc1NC. The molecule has 0 saturated heterocycles. The fourth-order valence-electron chi connectivity index (χ4n) is 1.02. The van der Waals surface area contributed by atoms with Crippen molar-refractivity contribution < 1.29 is 4.74 Å². The topological polar surface area (TPSA) is 47.3 Å². The van der Waals surface area contributed by atoms with Gasteiger partial charge in [-0.2, -0.15) is 0 Å². The highest BCUT2D eigenvalue weighted by atomic mass is 16.5. The first kappa shape index (κ1) is 8.71. The highest BCUT2D eigenvalue weighted by Gasteiger charge is 2.00. The van der Waals surface area contributed by atoms with E-state index in [0.29, 0.717) is 6.61 Å². The Kier molecular flexibility index (Phi) is 2.80. The summed E-state index contributed by atoms with van der Waals surface area (Å²) in [4.78, 5) is 0. The molecule has 1 aromatic rings. The Labute approximate surface area is 72.5 Å². The van der Waals surface area contributed by atoms with Gasteiger partial charge in [0.1, 0.15) is 5.75 Å². The van der Waals surface area contributed by atoms with Crippen molar-refractivity contribution in [3.63, 3.8) is 0 Å². The van der Waals surface area contributed by atoms with Crippen LogP contribution in [-0.2, 0) is 0 Å². The zero-order valence-corrected chi connectivity index (χ0v) is 7.42. The van der Waals surface area contributed by atoms with Crippen molar-refractivity contribution in [2.45, 2.75) is 6.92 Å². The van der Waals surface area contributed by atoms with E-state index in [-0.39, 0.29) is 0 Å². The van der Waals surface area contributed by atoms with Crippen LogP contribution < -0.4 is 15.8 Å². The third-order valence-corrected chi connectivity index (χ3v) is 1.57. The van der Waals surface area contributed by atoms with Crippen molar-refractivity contribution in [1.29, 1.82) is 0 Å². The quantitative estimate of drug-likeness (QED) is 0.672. The summed E-state index contributed by atoms with van der Waals surface area (Å²) in [5.74, 6) is 0.842. The normalized spacial score (nSPS) is 9.50. The molecule has 0 aliphatic heterocycles. The number of nitrogens with one attached hydrogen (secondary N) is 1. The van der Waals surface area contributed by atoms with Crippen LogP contribution in [0, 0.1) is 0 Å². The lowest BCUT2D eigenvalue weighted by Crippen LogP contribution is -1.98. The molecule has 12 heavy (non-hydrogen) atoms. The summed E-state index contributed by atoms with van der Waals surface area (Å²) in [6, 6.07) is 5.54. The van der Waals surface area contributed by atoms with Crippen LogP contribution in [0.2, 0.25) is 0 Å². The van der Waals surface area contributed by atoms with Crippen molar-refractivity contribution in [2.24, 2.45) is 0 Å². The molecule has 0 heterocycles. The molecule has 0 radical (unpaired) electrons. The molecular weight excluding hydrogens is 152 g/mol. The number of anilines is 2. The van der Waals surface area contributed by atoms with E-state index in [1.165, 1.54) is 0 Å². The molecule has 0 saturated carbocycles. The Morgan fingerprint density at radius 3 is 2.83 bits per heavy atom. The van der Waals surface area contributed by atoms with Gasteiger partial charge in [-0.15, -0.1) is 0 Å². The van der Waals surface area contributed by atoms with Crippen LogP contribution in [0.4, 0.5) is 11.4 Å². The smallest absolute Gasteiger partial charge is 0.142 e. The molecule has 1 rings (SSSR count). The minimum absolute atomic E-state index is 0.665. The summed E-state index contributed by atoms with van der Waals surface area (Å²) < 4.78 is 5.36. The van der Waals surface area contributed by atoms with E-state index >= 15 is 0 Å². The summed E-state index contributed by atoms with van der Waals surface area (Å²) in [5.41, 5.74) is 7.27. The van der Waals surface area contributed by atoms with Crippen molar-refractivity contribution >= 4 is 11.4 Å². The average Bonchev–Trinajstić information content (AvgIpc) is 2.08. The zero-order valence-electron chi connectivity index (χ0n) is 7.42. The average molecular weight is 166 g/mol. The van der Waals surface area contributed by atoms with Crippen molar-refractivity contribution in [3.05, 3.63) is 18.2 Å². The molecule has 0 spiro atoms. The number of hydrogen-bond donors (Lipinski definition) is 2. The first-order valence-electron chi connectivity index (χ1n) is 3.98. The van der Waals surface area contributed by atoms with Crippen LogP contribution in [-0.4, -0.2) is 13.7 Å². The van der Waals surface area contributed by atoms with Crippen molar-refractivity contribution in [2.75, 3.05) is 24.7 Å². The molecule has 1 aromatic carbocycles. The van der Waals surface area contributed by atoms with E-state index in [1.54, 1.807) is 0 Å². The fourth-order valence-corrected chi connectivity index (χ4v) is 1.02. The molecule has 0 aliphatic rings. The molecule has 0 amide bonds. The molecule has 3 N–H and O–H groups in total. The van der Waals surface area contributed by atoms with Gasteiger partial charge in [-0.1, -0.05) is 0 Å². The summed E-state index contributed by atoms with van der Waals surface area (Å²) >= 11 is 0. The predicted octanol–water partition coefficient (Wildman–Crippen LogP) is 1.71. The highest BCUT2D eigenvalue weighted by molar-refractivity contribution is 5.63. The van der Waals surface area contributed by atoms with Gasteiger partial charge in [-0.3, -0.25) is 0 Å². The number of rotatable bonds is 3. The third kappa shape index (κ3) is 1.81. The molecule has 0 aromatic heterocycles. The number of benzene rings is 1. The van der Waals surface area contributed by atoms with Crippen LogP contribution in [0.3, 0.4) is 0 Å². The van der Waals surface area contributed by atoms with Crippen molar-refractivity contribution in [1.82, 2.24) is 0 Å². The maximum absolute atomic E-state index is 5.60. The van der Waals surface area contributed by atoms with Gasteiger partial charge in [0.15, 0.2) is 0 Å².